The maximum absolute atomic E-state index is 12.5. The number of halogens is 1. The van der Waals surface area contributed by atoms with Gasteiger partial charge in [0.25, 0.3) is 5.91 Å². The summed E-state index contributed by atoms with van der Waals surface area (Å²) in [7, 11) is 0. The fourth-order valence-corrected chi connectivity index (χ4v) is 2.97. The molecule has 0 fully saturated rings. The Labute approximate surface area is 147 Å². The maximum Gasteiger partial charge on any atom is 0.289 e. The molecule has 130 valence electrons. The minimum atomic E-state index is -0.382. The van der Waals surface area contributed by atoms with Crippen LogP contribution in [0.4, 0.5) is 5.69 Å². The number of aryl methyl sites for hydroxylation is 2. The molecule has 1 aromatic carbocycles. The molecule has 1 aliphatic heterocycles. The number of nitrogen functional groups attached to an aromatic ring is 1. The van der Waals surface area contributed by atoms with Crippen molar-refractivity contribution in [2.75, 3.05) is 5.73 Å². The normalized spacial score (nSPS) is 18.1. The van der Waals surface area contributed by atoms with Crippen molar-refractivity contribution in [1.29, 1.82) is 0 Å². The molecule has 6 nitrogen and oxygen atoms in total. The second kappa shape index (κ2) is 6.36. The number of nitrogens with two attached hydrogens (primary N) is 1. The first-order valence-corrected chi connectivity index (χ1v) is 7.58. The lowest BCUT2D eigenvalue weighted by molar-refractivity contribution is 0.0611. The lowest BCUT2D eigenvalue weighted by Crippen LogP contribution is -2.41. The molecule has 0 aliphatic carbocycles. The van der Waals surface area contributed by atoms with Crippen LogP contribution in [0.15, 0.2) is 22.6 Å². The highest BCUT2D eigenvalue weighted by atomic mass is 35.5. The number of ether oxygens (including phenoxy) is 1. The topological polar surface area (TPSA) is 90.4 Å². The van der Waals surface area contributed by atoms with Crippen molar-refractivity contribution in [3.8, 4) is 5.75 Å². The van der Waals surface area contributed by atoms with E-state index in [1.807, 2.05) is 26.0 Å². The molecule has 24 heavy (non-hydrogen) atoms. The summed E-state index contributed by atoms with van der Waals surface area (Å²) in [5, 5.41) is 3.02. The van der Waals surface area contributed by atoms with Crippen molar-refractivity contribution < 1.29 is 13.9 Å². The van der Waals surface area contributed by atoms with Crippen LogP contribution >= 0.6 is 12.4 Å². The molecule has 0 saturated heterocycles. The zero-order valence-corrected chi connectivity index (χ0v) is 15.0. The second-order valence-corrected chi connectivity index (χ2v) is 6.54. The molecular weight excluding hydrogens is 330 g/mol. The number of fused-ring (bicyclic) bond motifs is 1. The third-order valence-corrected chi connectivity index (χ3v) is 3.91. The van der Waals surface area contributed by atoms with Crippen LogP contribution in [-0.4, -0.2) is 16.5 Å². The monoisotopic (exact) mass is 351 g/mol. The predicted molar refractivity (Wildman–Crippen MR) is 93.6 cm³/mol. The Morgan fingerprint density at radius 1 is 1.38 bits per heavy atom. The van der Waals surface area contributed by atoms with Crippen LogP contribution in [0.5, 0.6) is 5.75 Å². The van der Waals surface area contributed by atoms with Crippen LogP contribution in [-0.2, 0) is 0 Å². The van der Waals surface area contributed by atoms with Gasteiger partial charge in [-0.15, -0.1) is 12.4 Å². The summed E-state index contributed by atoms with van der Waals surface area (Å²) >= 11 is 0. The molecule has 3 N–H and O–H groups in total. The van der Waals surface area contributed by atoms with E-state index in [4.69, 9.17) is 14.9 Å². The Bertz CT molecular complexity index is 770. The molecule has 0 spiro atoms. The number of rotatable bonds is 2. The number of aromatic nitrogens is 1. The van der Waals surface area contributed by atoms with Gasteiger partial charge in [-0.25, -0.2) is 4.98 Å². The summed E-state index contributed by atoms with van der Waals surface area (Å²) in [4.78, 5) is 16.7. The molecule has 1 atom stereocenters. The maximum atomic E-state index is 12.5. The SMILES string of the molecule is Cc1nc(C)c(C(=O)NC2CC(C)(C)Oc3ccc(N)cc32)o1.Cl. The highest BCUT2D eigenvalue weighted by molar-refractivity contribution is 5.92. The van der Waals surface area contributed by atoms with E-state index in [-0.39, 0.29) is 35.7 Å². The Hall–Kier alpha value is -2.21. The fourth-order valence-electron chi connectivity index (χ4n) is 2.97. The third kappa shape index (κ3) is 3.48. The molecule has 2 heterocycles. The van der Waals surface area contributed by atoms with Crippen LogP contribution < -0.4 is 15.8 Å². The largest absolute Gasteiger partial charge is 0.487 e. The first kappa shape index (κ1) is 18.1. The molecular formula is C17H22ClN3O3. The minimum Gasteiger partial charge on any atom is -0.487 e. The van der Waals surface area contributed by atoms with Crippen LogP contribution in [0.2, 0.25) is 0 Å². The number of hydrogen-bond acceptors (Lipinski definition) is 5. The summed E-state index contributed by atoms with van der Waals surface area (Å²) in [6.45, 7) is 7.47. The summed E-state index contributed by atoms with van der Waals surface area (Å²) in [5.74, 6) is 1.19. The van der Waals surface area contributed by atoms with E-state index in [9.17, 15) is 4.79 Å². The van der Waals surface area contributed by atoms with Crippen LogP contribution in [0.3, 0.4) is 0 Å². The van der Waals surface area contributed by atoms with Crippen molar-refractivity contribution >= 4 is 24.0 Å². The van der Waals surface area contributed by atoms with Crippen LogP contribution in [0.25, 0.3) is 0 Å². The zero-order chi connectivity index (χ0) is 16.8. The van der Waals surface area contributed by atoms with E-state index in [0.717, 1.165) is 11.3 Å². The second-order valence-electron chi connectivity index (χ2n) is 6.54. The average molecular weight is 352 g/mol. The minimum absolute atomic E-state index is 0. The Kier molecular flexibility index (Phi) is 4.80. The van der Waals surface area contributed by atoms with Gasteiger partial charge < -0.3 is 20.2 Å². The molecule has 3 rings (SSSR count). The predicted octanol–water partition coefficient (Wildman–Crippen LogP) is 3.33. The summed E-state index contributed by atoms with van der Waals surface area (Å²) in [6, 6.07) is 5.28. The molecule has 0 bridgehead atoms. The van der Waals surface area contributed by atoms with E-state index < -0.39 is 0 Å². The summed E-state index contributed by atoms with van der Waals surface area (Å²) in [5.41, 5.74) is 7.60. The highest BCUT2D eigenvalue weighted by Gasteiger charge is 2.35. The molecule has 1 aliphatic rings. The number of nitrogens with zero attached hydrogens (tertiary/aromatic N) is 1. The van der Waals surface area contributed by atoms with Crippen molar-refractivity contribution in [3.63, 3.8) is 0 Å². The molecule has 2 aromatic rings. The fraction of sp³-hybridized carbons (Fsp3) is 0.412. The summed E-state index contributed by atoms with van der Waals surface area (Å²) < 4.78 is 11.4. The van der Waals surface area contributed by atoms with E-state index >= 15 is 0 Å². The molecule has 1 aromatic heterocycles. The van der Waals surface area contributed by atoms with Gasteiger partial charge in [0.15, 0.2) is 5.89 Å². The molecule has 0 saturated carbocycles. The van der Waals surface area contributed by atoms with E-state index in [2.05, 4.69) is 10.3 Å². The van der Waals surface area contributed by atoms with Gasteiger partial charge in [0.05, 0.1) is 11.7 Å². The van der Waals surface area contributed by atoms with Crippen molar-refractivity contribution in [1.82, 2.24) is 10.3 Å². The number of nitrogens with one attached hydrogen (secondary N) is 1. The quantitative estimate of drug-likeness (QED) is 0.810. The van der Waals surface area contributed by atoms with E-state index in [1.54, 1.807) is 19.9 Å². The van der Waals surface area contributed by atoms with Gasteiger partial charge in [0.1, 0.15) is 11.4 Å². The number of benzene rings is 1. The molecule has 1 amide bonds. The summed E-state index contributed by atoms with van der Waals surface area (Å²) in [6.07, 6.45) is 0.640. The van der Waals surface area contributed by atoms with Gasteiger partial charge in [0, 0.05) is 24.6 Å². The first-order chi connectivity index (χ1) is 10.7. The van der Waals surface area contributed by atoms with Gasteiger partial charge >= 0.3 is 0 Å². The average Bonchev–Trinajstić information content (AvgIpc) is 2.78. The standard InChI is InChI=1S/C17H21N3O3.ClH/c1-9-15(22-10(2)19-9)16(21)20-13-8-17(3,4)23-14-6-5-11(18)7-12(13)14;/h5-7,13H,8,18H2,1-4H3,(H,20,21);1H. The van der Waals surface area contributed by atoms with Crippen LogP contribution in [0.1, 0.15) is 54.0 Å². The zero-order valence-electron chi connectivity index (χ0n) is 14.2. The lowest BCUT2D eigenvalue weighted by atomic mass is 9.89. The van der Waals surface area contributed by atoms with Gasteiger partial charge in [-0.2, -0.15) is 0 Å². The third-order valence-electron chi connectivity index (χ3n) is 3.91. The number of hydrogen-bond donors (Lipinski definition) is 2. The lowest BCUT2D eigenvalue weighted by Gasteiger charge is -2.37. The number of anilines is 1. The molecule has 0 radical (unpaired) electrons. The van der Waals surface area contributed by atoms with Crippen LogP contribution in [0, 0.1) is 13.8 Å². The van der Waals surface area contributed by atoms with Gasteiger partial charge in [-0.05, 0) is 39.0 Å². The molecule has 7 heteroatoms. The van der Waals surface area contributed by atoms with Crippen molar-refractivity contribution in [3.05, 3.63) is 41.1 Å². The highest BCUT2D eigenvalue weighted by Crippen LogP contribution is 2.40. The van der Waals surface area contributed by atoms with Crippen molar-refractivity contribution in [2.24, 2.45) is 0 Å². The number of carbonyl (C=O) groups excluding carboxylic acids is 1. The Morgan fingerprint density at radius 3 is 2.71 bits per heavy atom. The van der Waals surface area contributed by atoms with E-state index in [0.29, 0.717) is 23.7 Å². The van der Waals surface area contributed by atoms with Crippen molar-refractivity contribution in [2.45, 2.75) is 45.8 Å². The van der Waals surface area contributed by atoms with Gasteiger partial charge in [-0.3, -0.25) is 4.79 Å². The van der Waals surface area contributed by atoms with Gasteiger partial charge in [0.2, 0.25) is 5.76 Å². The van der Waals surface area contributed by atoms with E-state index in [1.165, 1.54) is 0 Å². The Balaban J connectivity index is 0.00000208. The number of carbonyl (C=O) groups is 1. The number of amides is 1. The Morgan fingerprint density at radius 2 is 2.08 bits per heavy atom. The first-order valence-electron chi connectivity index (χ1n) is 7.58. The molecule has 1 unspecified atom stereocenters. The van der Waals surface area contributed by atoms with Gasteiger partial charge in [-0.1, -0.05) is 0 Å². The smallest absolute Gasteiger partial charge is 0.289 e. The number of oxazole rings is 1.